The zero-order valence-corrected chi connectivity index (χ0v) is 11.3. The van der Waals surface area contributed by atoms with Gasteiger partial charge in [-0.25, -0.2) is 0 Å². The minimum absolute atomic E-state index is 0.0119. The highest BCUT2D eigenvalue weighted by molar-refractivity contribution is 9.10. The van der Waals surface area contributed by atoms with Crippen LogP contribution >= 0.6 is 15.9 Å². The van der Waals surface area contributed by atoms with Crippen molar-refractivity contribution in [3.63, 3.8) is 0 Å². The number of nitrogens with one attached hydrogen (secondary N) is 1. The summed E-state index contributed by atoms with van der Waals surface area (Å²) in [6.45, 7) is 2.05. The van der Waals surface area contributed by atoms with Crippen molar-refractivity contribution in [1.82, 2.24) is 0 Å². The summed E-state index contributed by atoms with van der Waals surface area (Å²) in [4.78, 5) is 0. The monoisotopic (exact) mass is 294 g/mol. The standard InChI is InChI=1S/C13H15BrN2O/c1-9-6-7-13(17-9)12(8-15)16-11-5-3-2-4-10(11)14/h2-5,9,12-13,16H,6-7H2,1H3. The number of benzene rings is 1. The molecular weight excluding hydrogens is 280 g/mol. The van der Waals surface area contributed by atoms with Gasteiger partial charge in [-0.2, -0.15) is 5.26 Å². The summed E-state index contributed by atoms with van der Waals surface area (Å²) < 4.78 is 6.69. The minimum atomic E-state index is -0.293. The van der Waals surface area contributed by atoms with Crippen LogP contribution in [0.25, 0.3) is 0 Å². The third-order valence-corrected chi connectivity index (χ3v) is 3.65. The lowest BCUT2D eigenvalue weighted by molar-refractivity contribution is 0.0534. The number of para-hydroxylation sites is 1. The van der Waals surface area contributed by atoms with Crippen molar-refractivity contribution in [2.75, 3.05) is 5.32 Å². The second-order valence-corrected chi connectivity index (χ2v) is 5.15. The summed E-state index contributed by atoms with van der Waals surface area (Å²) >= 11 is 3.46. The zero-order valence-electron chi connectivity index (χ0n) is 9.69. The van der Waals surface area contributed by atoms with Gasteiger partial charge >= 0.3 is 0 Å². The van der Waals surface area contributed by atoms with Crippen LogP contribution in [0, 0.1) is 11.3 Å². The Balaban J connectivity index is 2.06. The van der Waals surface area contributed by atoms with E-state index in [1.54, 1.807) is 0 Å². The Morgan fingerprint density at radius 2 is 2.24 bits per heavy atom. The van der Waals surface area contributed by atoms with E-state index in [1.807, 2.05) is 31.2 Å². The third-order valence-electron chi connectivity index (χ3n) is 2.96. The highest BCUT2D eigenvalue weighted by Gasteiger charge is 2.29. The Morgan fingerprint density at radius 1 is 1.47 bits per heavy atom. The van der Waals surface area contributed by atoms with Gasteiger partial charge < -0.3 is 10.1 Å². The maximum Gasteiger partial charge on any atom is 0.141 e. The summed E-state index contributed by atoms with van der Waals surface area (Å²) in [7, 11) is 0. The second kappa shape index (κ2) is 5.52. The van der Waals surface area contributed by atoms with Gasteiger partial charge in [0.1, 0.15) is 6.04 Å². The Hall–Kier alpha value is -1.05. The van der Waals surface area contributed by atoms with E-state index < -0.39 is 0 Å². The molecule has 0 amide bonds. The normalized spacial score (nSPS) is 25.2. The van der Waals surface area contributed by atoms with E-state index in [1.165, 1.54) is 0 Å². The largest absolute Gasteiger partial charge is 0.372 e. The summed E-state index contributed by atoms with van der Waals surface area (Å²) in [6, 6.07) is 9.79. The first-order chi connectivity index (χ1) is 8.20. The first-order valence-corrected chi connectivity index (χ1v) is 6.56. The average Bonchev–Trinajstić information content (AvgIpc) is 2.75. The number of ether oxygens (including phenoxy) is 1. The number of rotatable bonds is 3. The number of hydrogen-bond donors (Lipinski definition) is 1. The van der Waals surface area contributed by atoms with E-state index in [4.69, 9.17) is 4.74 Å². The maximum atomic E-state index is 9.22. The summed E-state index contributed by atoms with van der Waals surface area (Å²) in [6.07, 6.45) is 2.22. The van der Waals surface area contributed by atoms with Gasteiger partial charge in [-0.15, -0.1) is 0 Å². The van der Waals surface area contributed by atoms with Gasteiger partial charge in [-0.05, 0) is 47.8 Å². The summed E-state index contributed by atoms with van der Waals surface area (Å²) in [5.74, 6) is 0. The molecule has 0 radical (unpaired) electrons. The van der Waals surface area contributed by atoms with Gasteiger partial charge in [0.05, 0.1) is 18.3 Å². The Bertz CT molecular complexity index is 430. The van der Waals surface area contributed by atoms with Crippen LogP contribution in [0.2, 0.25) is 0 Å². The van der Waals surface area contributed by atoms with Crippen molar-refractivity contribution in [1.29, 1.82) is 5.26 Å². The average molecular weight is 295 g/mol. The van der Waals surface area contributed by atoms with Gasteiger partial charge in [0.2, 0.25) is 0 Å². The molecule has 4 heteroatoms. The molecule has 0 saturated carbocycles. The molecule has 3 nitrogen and oxygen atoms in total. The fourth-order valence-electron chi connectivity index (χ4n) is 2.03. The van der Waals surface area contributed by atoms with Crippen LogP contribution in [0.15, 0.2) is 28.7 Å². The molecule has 1 aliphatic heterocycles. The highest BCUT2D eigenvalue weighted by Crippen LogP contribution is 2.26. The molecule has 17 heavy (non-hydrogen) atoms. The van der Waals surface area contributed by atoms with E-state index in [0.717, 1.165) is 23.0 Å². The molecule has 3 atom stereocenters. The molecule has 1 heterocycles. The van der Waals surface area contributed by atoms with Crippen LogP contribution in [0.4, 0.5) is 5.69 Å². The van der Waals surface area contributed by atoms with Gasteiger partial charge in [-0.3, -0.25) is 0 Å². The zero-order chi connectivity index (χ0) is 12.3. The maximum absolute atomic E-state index is 9.22. The fraction of sp³-hybridized carbons (Fsp3) is 0.462. The molecule has 2 rings (SSSR count). The van der Waals surface area contributed by atoms with E-state index in [-0.39, 0.29) is 18.2 Å². The lowest BCUT2D eigenvalue weighted by Crippen LogP contribution is -2.32. The van der Waals surface area contributed by atoms with E-state index in [9.17, 15) is 5.26 Å². The minimum Gasteiger partial charge on any atom is -0.372 e. The van der Waals surface area contributed by atoms with Crippen LogP contribution in [-0.2, 0) is 4.74 Å². The van der Waals surface area contributed by atoms with E-state index in [0.29, 0.717) is 0 Å². The Labute approximate surface area is 110 Å². The molecule has 0 bridgehead atoms. The lowest BCUT2D eigenvalue weighted by atomic mass is 10.1. The molecule has 90 valence electrons. The highest BCUT2D eigenvalue weighted by atomic mass is 79.9. The Morgan fingerprint density at radius 3 is 2.82 bits per heavy atom. The van der Waals surface area contributed by atoms with Crippen LogP contribution in [0.1, 0.15) is 19.8 Å². The van der Waals surface area contributed by atoms with Crippen molar-refractivity contribution in [2.45, 2.75) is 38.0 Å². The quantitative estimate of drug-likeness (QED) is 0.930. The number of nitriles is 1. The van der Waals surface area contributed by atoms with Gasteiger partial charge in [0.15, 0.2) is 0 Å². The first-order valence-electron chi connectivity index (χ1n) is 5.77. The molecule has 1 aliphatic rings. The third kappa shape index (κ3) is 2.99. The molecule has 1 N–H and O–H groups in total. The molecule has 1 aromatic rings. The van der Waals surface area contributed by atoms with Crippen molar-refractivity contribution in [2.24, 2.45) is 0 Å². The van der Waals surface area contributed by atoms with Crippen LogP contribution in [0.5, 0.6) is 0 Å². The SMILES string of the molecule is CC1CCC(C(C#N)Nc2ccccc2Br)O1. The van der Waals surface area contributed by atoms with Gasteiger partial charge in [0, 0.05) is 10.2 Å². The topological polar surface area (TPSA) is 45.0 Å². The molecule has 1 saturated heterocycles. The van der Waals surface area contributed by atoms with Crippen molar-refractivity contribution >= 4 is 21.6 Å². The number of anilines is 1. The second-order valence-electron chi connectivity index (χ2n) is 4.29. The molecule has 3 unspecified atom stereocenters. The summed E-state index contributed by atoms with van der Waals surface area (Å²) in [5, 5.41) is 12.4. The predicted molar refractivity (Wildman–Crippen MR) is 70.7 cm³/mol. The van der Waals surface area contributed by atoms with Gasteiger partial charge in [0.25, 0.3) is 0 Å². The molecule has 0 aliphatic carbocycles. The molecule has 0 spiro atoms. The van der Waals surface area contributed by atoms with Crippen LogP contribution < -0.4 is 5.32 Å². The number of halogens is 1. The number of nitrogens with zero attached hydrogens (tertiary/aromatic N) is 1. The van der Waals surface area contributed by atoms with Crippen LogP contribution in [-0.4, -0.2) is 18.2 Å². The van der Waals surface area contributed by atoms with Crippen molar-refractivity contribution in [3.8, 4) is 6.07 Å². The summed E-state index contributed by atoms with van der Waals surface area (Å²) in [5.41, 5.74) is 0.933. The molecule has 0 aromatic heterocycles. The lowest BCUT2D eigenvalue weighted by Gasteiger charge is -2.20. The molecule has 1 aromatic carbocycles. The fourth-order valence-corrected chi connectivity index (χ4v) is 2.43. The van der Waals surface area contributed by atoms with Gasteiger partial charge in [-0.1, -0.05) is 12.1 Å². The van der Waals surface area contributed by atoms with Crippen LogP contribution in [0.3, 0.4) is 0 Å². The van der Waals surface area contributed by atoms with Crippen molar-refractivity contribution < 1.29 is 4.74 Å². The Kier molecular flexibility index (Phi) is 4.03. The molecule has 1 fully saturated rings. The molecular formula is C13H15BrN2O. The predicted octanol–water partition coefficient (Wildman–Crippen LogP) is 3.32. The van der Waals surface area contributed by atoms with E-state index >= 15 is 0 Å². The first kappa shape index (κ1) is 12.4. The van der Waals surface area contributed by atoms with Crippen molar-refractivity contribution in [3.05, 3.63) is 28.7 Å². The number of hydrogen-bond acceptors (Lipinski definition) is 3. The smallest absolute Gasteiger partial charge is 0.141 e. The van der Waals surface area contributed by atoms with E-state index in [2.05, 4.69) is 27.3 Å².